The van der Waals surface area contributed by atoms with Crippen LogP contribution in [0.5, 0.6) is 0 Å². The highest BCUT2D eigenvalue weighted by Crippen LogP contribution is 2.47. The number of nitriles is 1. The second-order valence-electron chi connectivity index (χ2n) is 3.42. The Morgan fingerprint density at radius 1 is 1.45 bits per heavy atom. The maximum absolute atomic E-state index is 8.85. The van der Waals surface area contributed by atoms with E-state index in [9.17, 15) is 0 Å². The van der Waals surface area contributed by atoms with E-state index in [1.54, 1.807) is 0 Å². The highest BCUT2D eigenvalue weighted by atomic mass is 35.5. The molecule has 0 aromatic carbocycles. The van der Waals surface area contributed by atoms with Gasteiger partial charge in [0, 0.05) is 5.88 Å². The average molecular weight is 168 g/mol. The molecule has 11 heavy (non-hydrogen) atoms. The molecule has 0 amide bonds. The summed E-state index contributed by atoms with van der Waals surface area (Å²) in [5.41, 5.74) is 0. The van der Waals surface area contributed by atoms with Gasteiger partial charge in [-0.05, 0) is 24.2 Å². The number of halogens is 1. The molecular formula is C9H10ClN. The third kappa shape index (κ3) is 0.895. The number of hydrogen-bond donors (Lipinski definition) is 0. The van der Waals surface area contributed by atoms with Gasteiger partial charge in [0.25, 0.3) is 0 Å². The summed E-state index contributed by atoms with van der Waals surface area (Å²) in [6.07, 6.45) is 5.57. The minimum absolute atomic E-state index is 0.197. The van der Waals surface area contributed by atoms with Crippen molar-refractivity contribution in [1.82, 2.24) is 0 Å². The van der Waals surface area contributed by atoms with Gasteiger partial charge in [-0.15, -0.1) is 11.6 Å². The van der Waals surface area contributed by atoms with Crippen LogP contribution >= 0.6 is 11.6 Å². The van der Waals surface area contributed by atoms with Crippen molar-refractivity contribution in [3.8, 4) is 6.07 Å². The Morgan fingerprint density at radius 3 is 2.73 bits per heavy atom. The zero-order valence-electron chi connectivity index (χ0n) is 6.20. The second kappa shape index (κ2) is 2.53. The van der Waals surface area contributed by atoms with Crippen molar-refractivity contribution in [1.29, 1.82) is 5.26 Å². The molecule has 0 N–H and O–H groups in total. The predicted molar refractivity (Wildman–Crippen MR) is 44.1 cm³/mol. The zero-order chi connectivity index (χ0) is 7.84. The Morgan fingerprint density at radius 2 is 2.18 bits per heavy atom. The van der Waals surface area contributed by atoms with E-state index in [0.717, 1.165) is 6.42 Å². The first-order valence-electron chi connectivity index (χ1n) is 4.00. The number of alkyl halides is 1. The summed E-state index contributed by atoms with van der Waals surface area (Å²) in [7, 11) is 0. The highest BCUT2D eigenvalue weighted by molar-refractivity contribution is 6.18. The molecule has 0 saturated heterocycles. The van der Waals surface area contributed by atoms with Crippen molar-refractivity contribution in [2.45, 2.75) is 6.42 Å². The summed E-state index contributed by atoms with van der Waals surface area (Å²) in [6, 6.07) is 2.36. The zero-order valence-corrected chi connectivity index (χ0v) is 6.96. The van der Waals surface area contributed by atoms with Crippen LogP contribution in [0.15, 0.2) is 12.2 Å². The van der Waals surface area contributed by atoms with Gasteiger partial charge in [-0.2, -0.15) is 5.26 Å². The average Bonchev–Trinajstić information content (AvgIpc) is 2.60. The van der Waals surface area contributed by atoms with Gasteiger partial charge in [0.05, 0.1) is 12.0 Å². The Labute approximate surface area is 71.7 Å². The maximum atomic E-state index is 8.85. The minimum atomic E-state index is 0.197. The monoisotopic (exact) mass is 167 g/mol. The van der Waals surface area contributed by atoms with E-state index in [1.807, 2.05) is 0 Å². The smallest absolute Gasteiger partial charge is 0.0665 e. The van der Waals surface area contributed by atoms with Gasteiger partial charge in [0.15, 0.2) is 0 Å². The van der Waals surface area contributed by atoms with Crippen LogP contribution in [0.25, 0.3) is 0 Å². The molecule has 0 heterocycles. The molecule has 0 unspecified atom stereocenters. The predicted octanol–water partition coefficient (Wildman–Crippen LogP) is 2.19. The first kappa shape index (κ1) is 7.18. The van der Waals surface area contributed by atoms with E-state index in [4.69, 9.17) is 16.9 Å². The molecule has 2 aliphatic carbocycles. The van der Waals surface area contributed by atoms with Crippen molar-refractivity contribution < 1.29 is 0 Å². The lowest BCUT2D eigenvalue weighted by molar-refractivity contribution is 0.417. The molecule has 2 heteroatoms. The third-order valence-electron chi connectivity index (χ3n) is 2.95. The van der Waals surface area contributed by atoms with Gasteiger partial charge in [-0.25, -0.2) is 0 Å². The second-order valence-corrected chi connectivity index (χ2v) is 3.73. The Hall–Kier alpha value is -0.480. The molecule has 1 fully saturated rings. The standard InChI is InChI=1S/C9H10ClN/c10-4-8-6-1-2-7(3-6)9(8)5-11/h1-2,6-9H,3-4H2/t6-,7+,8-,9-/m0/s1. The van der Waals surface area contributed by atoms with Crippen LogP contribution in [-0.4, -0.2) is 5.88 Å². The van der Waals surface area contributed by atoms with Crippen molar-refractivity contribution in [2.24, 2.45) is 23.7 Å². The fourth-order valence-corrected chi connectivity index (χ4v) is 2.75. The molecular weight excluding hydrogens is 158 g/mol. The van der Waals surface area contributed by atoms with Gasteiger partial charge < -0.3 is 0 Å². The number of rotatable bonds is 1. The summed E-state index contributed by atoms with van der Waals surface area (Å²) in [5, 5.41) is 8.85. The van der Waals surface area contributed by atoms with Crippen LogP contribution < -0.4 is 0 Å². The van der Waals surface area contributed by atoms with Crippen molar-refractivity contribution in [3.63, 3.8) is 0 Å². The quantitative estimate of drug-likeness (QED) is 0.434. The molecule has 0 aliphatic heterocycles. The number of fused-ring (bicyclic) bond motifs is 2. The summed E-state index contributed by atoms with van der Waals surface area (Å²) in [4.78, 5) is 0. The molecule has 2 bridgehead atoms. The highest BCUT2D eigenvalue weighted by Gasteiger charge is 2.43. The molecule has 2 aliphatic rings. The van der Waals surface area contributed by atoms with Crippen molar-refractivity contribution >= 4 is 11.6 Å². The number of hydrogen-bond acceptors (Lipinski definition) is 1. The van der Waals surface area contributed by atoms with Gasteiger partial charge in [-0.3, -0.25) is 0 Å². The van der Waals surface area contributed by atoms with Crippen LogP contribution in [0.2, 0.25) is 0 Å². The van der Waals surface area contributed by atoms with Crippen LogP contribution in [0.1, 0.15) is 6.42 Å². The first-order valence-corrected chi connectivity index (χ1v) is 4.54. The molecule has 1 saturated carbocycles. The van der Waals surface area contributed by atoms with Gasteiger partial charge >= 0.3 is 0 Å². The van der Waals surface area contributed by atoms with Gasteiger partial charge in [0.1, 0.15) is 0 Å². The number of allylic oxidation sites excluding steroid dienone is 2. The lowest BCUT2D eigenvalue weighted by atomic mass is 9.85. The third-order valence-corrected chi connectivity index (χ3v) is 3.31. The summed E-state index contributed by atoms with van der Waals surface area (Å²) in [5.74, 6) is 2.37. The van der Waals surface area contributed by atoms with E-state index in [1.165, 1.54) is 0 Å². The summed E-state index contributed by atoms with van der Waals surface area (Å²) < 4.78 is 0. The Bertz CT molecular complexity index is 228. The Balaban J connectivity index is 2.23. The van der Waals surface area contributed by atoms with E-state index >= 15 is 0 Å². The lowest BCUT2D eigenvalue weighted by Gasteiger charge is -2.19. The molecule has 0 aromatic heterocycles. The maximum Gasteiger partial charge on any atom is 0.0665 e. The summed E-state index contributed by atoms with van der Waals surface area (Å²) >= 11 is 5.79. The molecule has 58 valence electrons. The molecule has 0 spiro atoms. The van der Waals surface area contributed by atoms with Crippen molar-refractivity contribution in [2.75, 3.05) is 5.88 Å². The number of nitrogens with zero attached hydrogens (tertiary/aromatic N) is 1. The van der Waals surface area contributed by atoms with E-state index in [-0.39, 0.29) is 5.92 Å². The fourth-order valence-electron chi connectivity index (χ4n) is 2.33. The molecule has 0 radical (unpaired) electrons. The van der Waals surface area contributed by atoms with Crippen LogP contribution in [0.4, 0.5) is 0 Å². The fraction of sp³-hybridized carbons (Fsp3) is 0.667. The SMILES string of the molecule is N#C[C@@H]1[C@@H](CCl)[C@H]2C=C[C@@H]1C2. The molecule has 0 aromatic rings. The molecule has 2 rings (SSSR count). The van der Waals surface area contributed by atoms with Gasteiger partial charge in [0.2, 0.25) is 0 Å². The normalized spacial score (nSPS) is 46.2. The van der Waals surface area contributed by atoms with E-state index < -0.39 is 0 Å². The summed E-state index contributed by atoms with van der Waals surface area (Å²) in [6.45, 7) is 0. The van der Waals surface area contributed by atoms with Crippen molar-refractivity contribution in [3.05, 3.63) is 12.2 Å². The van der Waals surface area contributed by atoms with E-state index in [0.29, 0.717) is 23.6 Å². The molecule has 1 nitrogen and oxygen atoms in total. The first-order chi connectivity index (χ1) is 5.36. The van der Waals surface area contributed by atoms with Gasteiger partial charge in [-0.1, -0.05) is 12.2 Å². The minimum Gasteiger partial charge on any atom is -0.198 e. The lowest BCUT2D eigenvalue weighted by Crippen LogP contribution is -2.19. The van der Waals surface area contributed by atoms with E-state index in [2.05, 4.69) is 18.2 Å². The van der Waals surface area contributed by atoms with Crippen LogP contribution in [0, 0.1) is 35.0 Å². The Kier molecular flexibility index (Phi) is 1.65. The topological polar surface area (TPSA) is 23.8 Å². The van der Waals surface area contributed by atoms with Crippen LogP contribution in [-0.2, 0) is 0 Å². The largest absolute Gasteiger partial charge is 0.198 e. The molecule has 4 atom stereocenters. The van der Waals surface area contributed by atoms with Crippen LogP contribution in [0.3, 0.4) is 0 Å².